The van der Waals surface area contributed by atoms with E-state index in [9.17, 15) is 0 Å². The average Bonchev–Trinajstić information content (AvgIpc) is 3.83. The van der Waals surface area contributed by atoms with Crippen molar-refractivity contribution in [3.05, 3.63) is 156 Å². The molecule has 0 radical (unpaired) electrons. The Morgan fingerprint density at radius 1 is 0.583 bits per heavy atom. The first-order valence-corrected chi connectivity index (χ1v) is 21.8. The Kier molecular flexibility index (Phi) is 10.7. The minimum atomic E-state index is -0.0802. The number of aromatic nitrogens is 2. The topological polar surface area (TPSA) is 33.5 Å². The first-order valence-electron chi connectivity index (χ1n) is 21.8. The third-order valence-electron chi connectivity index (χ3n) is 12.1. The standard InChI is InChI=1S/C55H62N4O/c1-35(2)39-27-46(36(3)4)53(47(28-39)37(5)6)38-23-24-56-52(29-38)59-49-19-15-13-17-44(49)45-22-21-42(33-51(45)59)60-43-31-40(54(7,8)9)30-41(32-43)57-25-26-58(34-57)50-20-16-14-18-48(50)55(10,11)12/h13-33,35-37H,34H2,1-12H3. The number of hydrogen-bond donors (Lipinski definition) is 0. The number of anilines is 2. The van der Waals surface area contributed by atoms with Crippen LogP contribution in [0.4, 0.5) is 11.4 Å². The van der Waals surface area contributed by atoms with Crippen LogP contribution in [0.3, 0.4) is 0 Å². The molecule has 308 valence electrons. The molecule has 2 aromatic heterocycles. The van der Waals surface area contributed by atoms with Crippen LogP contribution in [0.5, 0.6) is 11.5 Å². The van der Waals surface area contributed by atoms with Crippen molar-refractivity contribution in [3.63, 3.8) is 0 Å². The summed E-state index contributed by atoms with van der Waals surface area (Å²) in [4.78, 5) is 9.72. The molecule has 60 heavy (non-hydrogen) atoms. The van der Waals surface area contributed by atoms with E-state index in [4.69, 9.17) is 9.72 Å². The Morgan fingerprint density at radius 2 is 1.25 bits per heavy atom. The molecule has 0 aliphatic carbocycles. The second-order valence-corrected chi connectivity index (χ2v) is 19.7. The lowest BCUT2D eigenvalue weighted by atomic mass is 9.82. The predicted molar refractivity (Wildman–Crippen MR) is 256 cm³/mol. The zero-order valence-electron chi connectivity index (χ0n) is 37.8. The fourth-order valence-corrected chi connectivity index (χ4v) is 8.73. The molecular formula is C55H62N4O. The molecule has 0 N–H and O–H groups in total. The van der Waals surface area contributed by atoms with Crippen LogP contribution in [-0.2, 0) is 10.8 Å². The monoisotopic (exact) mass is 794 g/mol. The van der Waals surface area contributed by atoms with E-state index >= 15 is 0 Å². The van der Waals surface area contributed by atoms with Gasteiger partial charge >= 0.3 is 0 Å². The number of para-hydroxylation sites is 2. The highest BCUT2D eigenvalue weighted by atomic mass is 16.5. The molecule has 5 heteroatoms. The van der Waals surface area contributed by atoms with Crippen LogP contribution >= 0.6 is 0 Å². The number of nitrogens with zero attached hydrogens (tertiary/aromatic N) is 4. The number of fused-ring (bicyclic) bond motifs is 3. The zero-order chi connectivity index (χ0) is 42.7. The predicted octanol–water partition coefficient (Wildman–Crippen LogP) is 15.4. The SMILES string of the molecule is CC(C)c1cc(C(C)C)c(-c2ccnc(-n3c4ccccc4c4ccc(Oc5cc(N6C=CN(c7ccccc7C(C)(C)C)C6)cc(C(C)(C)C)c5)cc43)c2)c(C(C)C)c1. The van der Waals surface area contributed by atoms with E-state index in [1.165, 1.54) is 55.4 Å². The third kappa shape index (κ3) is 7.83. The average molecular weight is 795 g/mol. The normalized spacial score (nSPS) is 13.6. The molecule has 1 aliphatic heterocycles. The molecule has 0 unspecified atom stereocenters. The minimum Gasteiger partial charge on any atom is -0.457 e. The highest BCUT2D eigenvalue weighted by molar-refractivity contribution is 6.09. The maximum absolute atomic E-state index is 6.89. The van der Waals surface area contributed by atoms with E-state index in [2.05, 4.69) is 219 Å². The van der Waals surface area contributed by atoms with Gasteiger partial charge in [-0.05, 0) is 116 Å². The molecule has 7 aromatic rings. The first-order chi connectivity index (χ1) is 28.5. The van der Waals surface area contributed by atoms with Crippen molar-refractivity contribution in [1.82, 2.24) is 9.55 Å². The van der Waals surface area contributed by atoms with Gasteiger partial charge in [0.1, 0.15) is 17.3 Å². The van der Waals surface area contributed by atoms with E-state index in [1.807, 2.05) is 6.20 Å². The molecule has 1 aliphatic rings. The maximum atomic E-state index is 6.89. The lowest BCUT2D eigenvalue weighted by molar-refractivity contribution is 0.479. The molecule has 3 heterocycles. The zero-order valence-corrected chi connectivity index (χ0v) is 37.8. The van der Waals surface area contributed by atoms with Gasteiger partial charge in [0, 0.05) is 52.9 Å². The summed E-state index contributed by atoms with van der Waals surface area (Å²) < 4.78 is 9.20. The van der Waals surface area contributed by atoms with E-state index in [-0.39, 0.29) is 10.8 Å². The van der Waals surface area contributed by atoms with Crippen molar-refractivity contribution in [3.8, 4) is 28.4 Å². The van der Waals surface area contributed by atoms with E-state index in [0.717, 1.165) is 40.7 Å². The fourth-order valence-electron chi connectivity index (χ4n) is 8.73. The highest BCUT2D eigenvalue weighted by Crippen LogP contribution is 2.42. The summed E-state index contributed by atoms with van der Waals surface area (Å²) in [7, 11) is 0. The van der Waals surface area contributed by atoms with Gasteiger partial charge in [0.05, 0.1) is 17.7 Å². The highest BCUT2D eigenvalue weighted by Gasteiger charge is 2.26. The van der Waals surface area contributed by atoms with Crippen LogP contribution in [-0.4, -0.2) is 16.2 Å². The summed E-state index contributed by atoms with van der Waals surface area (Å²) in [5.41, 5.74) is 13.7. The number of rotatable bonds is 9. The first kappa shape index (κ1) is 40.9. The van der Waals surface area contributed by atoms with Crippen molar-refractivity contribution in [1.29, 1.82) is 0 Å². The molecule has 5 aromatic carbocycles. The van der Waals surface area contributed by atoms with Crippen molar-refractivity contribution in [2.45, 2.75) is 112 Å². The molecule has 0 spiro atoms. The summed E-state index contributed by atoms with van der Waals surface area (Å²) in [6.45, 7) is 28.2. The molecule has 5 nitrogen and oxygen atoms in total. The van der Waals surface area contributed by atoms with E-state index < -0.39 is 0 Å². The van der Waals surface area contributed by atoms with Crippen molar-refractivity contribution < 1.29 is 4.74 Å². The quantitative estimate of drug-likeness (QED) is 0.146. The maximum Gasteiger partial charge on any atom is 0.138 e. The fraction of sp³-hybridized carbons (Fsp3) is 0.327. The van der Waals surface area contributed by atoms with E-state index in [1.54, 1.807) is 0 Å². The van der Waals surface area contributed by atoms with Gasteiger partial charge < -0.3 is 14.5 Å². The molecule has 0 fully saturated rings. The third-order valence-corrected chi connectivity index (χ3v) is 12.1. The lowest BCUT2D eigenvalue weighted by Crippen LogP contribution is -2.27. The lowest BCUT2D eigenvalue weighted by Gasteiger charge is -2.29. The Hall–Kier alpha value is -5.81. The summed E-state index contributed by atoms with van der Waals surface area (Å²) in [6, 6.07) is 39.9. The number of hydrogen-bond acceptors (Lipinski definition) is 4. The van der Waals surface area contributed by atoms with Crippen LogP contribution in [0.2, 0.25) is 0 Å². The minimum absolute atomic E-state index is 0.0326. The smallest absolute Gasteiger partial charge is 0.138 e. The Balaban J connectivity index is 1.20. The van der Waals surface area contributed by atoms with Crippen molar-refractivity contribution in [2.24, 2.45) is 0 Å². The molecule has 0 saturated carbocycles. The van der Waals surface area contributed by atoms with E-state index in [0.29, 0.717) is 17.8 Å². The number of pyridine rings is 1. The van der Waals surface area contributed by atoms with Crippen molar-refractivity contribution >= 4 is 33.2 Å². The molecule has 0 atom stereocenters. The Bertz CT molecular complexity index is 2710. The van der Waals surface area contributed by atoms with Crippen LogP contribution < -0.4 is 14.5 Å². The van der Waals surface area contributed by atoms with Crippen LogP contribution in [0.1, 0.15) is 129 Å². The van der Waals surface area contributed by atoms with Gasteiger partial charge in [-0.25, -0.2) is 4.98 Å². The molecule has 0 amide bonds. The summed E-state index contributed by atoms with van der Waals surface area (Å²) >= 11 is 0. The van der Waals surface area contributed by atoms with Crippen molar-refractivity contribution in [2.75, 3.05) is 16.5 Å². The molecule has 8 rings (SSSR count). The Morgan fingerprint density at radius 3 is 1.93 bits per heavy atom. The molecule has 0 bridgehead atoms. The van der Waals surface area contributed by atoms with Crippen LogP contribution in [0.25, 0.3) is 38.8 Å². The van der Waals surface area contributed by atoms with Gasteiger partial charge in [0.2, 0.25) is 0 Å². The molecular weight excluding hydrogens is 733 g/mol. The van der Waals surface area contributed by atoms with Crippen LogP contribution in [0, 0.1) is 0 Å². The van der Waals surface area contributed by atoms with Gasteiger partial charge in [-0.2, -0.15) is 0 Å². The number of ether oxygens (including phenoxy) is 1. The van der Waals surface area contributed by atoms with Gasteiger partial charge in [-0.15, -0.1) is 0 Å². The van der Waals surface area contributed by atoms with Gasteiger partial charge in [0.15, 0.2) is 0 Å². The summed E-state index contributed by atoms with van der Waals surface area (Å²) in [5, 5.41) is 2.35. The summed E-state index contributed by atoms with van der Waals surface area (Å²) in [5.74, 6) is 3.71. The van der Waals surface area contributed by atoms with Gasteiger partial charge in [-0.3, -0.25) is 4.57 Å². The second-order valence-electron chi connectivity index (χ2n) is 19.7. The van der Waals surface area contributed by atoms with Gasteiger partial charge in [0.25, 0.3) is 0 Å². The molecule has 0 saturated heterocycles. The largest absolute Gasteiger partial charge is 0.457 e. The second kappa shape index (κ2) is 15.7. The number of benzene rings is 5. The van der Waals surface area contributed by atoms with Crippen LogP contribution in [0.15, 0.2) is 128 Å². The van der Waals surface area contributed by atoms with Gasteiger partial charge in [-0.1, -0.05) is 132 Å². The Labute approximate surface area is 358 Å². The summed E-state index contributed by atoms with van der Waals surface area (Å²) in [6.07, 6.45) is 6.35.